The van der Waals surface area contributed by atoms with Crippen LogP contribution in [0.25, 0.3) is 0 Å². The van der Waals surface area contributed by atoms with Gasteiger partial charge >= 0.3 is 0 Å². The van der Waals surface area contributed by atoms with E-state index in [2.05, 4.69) is 0 Å². The first kappa shape index (κ1) is 13.1. The van der Waals surface area contributed by atoms with Crippen molar-refractivity contribution in [2.75, 3.05) is 33.4 Å². The summed E-state index contributed by atoms with van der Waals surface area (Å²) in [7, 11) is 1.73. The Kier molecular flexibility index (Phi) is 3.60. The van der Waals surface area contributed by atoms with E-state index in [0.717, 1.165) is 44.0 Å². The number of hydrogen-bond donors (Lipinski definition) is 0. The number of amides is 1. The van der Waals surface area contributed by atoms with Crippen molar-refractivity contribution in [1.29, 1.82) is 0 Å². The second kappa shape index (κ2) is 5.23. The molecule has 104 valence electrons. The third-order valence-corrected chi connectivity index (χ3v) is 5.06. The van der Waals surface area contributed by atoms with E-state index in [1.54, 1.807) is 7.11 Å². The van der Waals surface area contributed by atoms with Gasteiger partial charge in [0.05, 0.1) is 18.0 Å². The van der Waals surface area contributed by atoms with Gasteiger partial charge in [-0.05, 0) is 30.2 Å². The highest BCUT2D eigenvalue weighted by atomic mass is 32.1. The van der Waals surface area contributed by atoms with Crippen LogP contribution >= 0.6 is 11.3 Å². The summed E-state index contributed by atoms with van der Waals surface area (Å²) in [5, 5.41) is 1.94. The van der Waals surface area contributed by atoms with Gasteiger partial charge in [0.2, 0.25) is 0 Å². The molecule has 1 atom stereocenters. The van der Waals surface area contributed by atoms with Crippen LogP contribution in [-0.4, -0.2) is 49.8 Å². The summed E-state index contributed by atoms with van der Waals surface area (Å²) < 4.78 is 11.1. The molecule has 0 N–H and O–H groups in total. The Morgan fingerprint density at radius 2 is 2.47 bits per heavy atom. The van der Waals surface area contributed by atoms with Crippen molar-refractivity contribution >= 4 is 17.2 Å². The first-order chi connectivity index (χ1) is 9.25. The highest BCUT2D eigenvalue weighted by Crippen LogP contribution is 2.42. The molecule has 0 aromatic carbocycles. The van der Waals surface area contributed by atoms with Crippen LogP contribution in [0.3, 0.4) is 0 Å². The quantitative estimate of drug-likeness (QED) is 0.847. The predicted octanol–water partition coefficient (Wildman–Crippen LogP) is 2.02. The van der Waals surface area contributed by atoms with E-state index in [1.807, 2.05) is 22.4 Å². The lowest BCUT2D eigenvalue weighted by Gasteiger charge is -2.50. The van der Waals surface area contributed by atoms with Crippen molar-refractivity contribution in [3.8, 4) is 0 Å². The number of likely N-dealkylation sites (tertiary alicyclic amines) is 1. The third-order valence-electron chi connectivity index (χ3n) is 4.21. The highest BCUT2D eigenvalue weighted by Gasteiger charge is 2.54. The smallest absolute Gasteiger partial charge is 0.264 e. The number of carbonyl (C=O) groups is 1. The maximum Gasteiger partial charge on any atom is 0.264 e. The maximum atomic E-state index is 12.2. The molecule has 1 amide bonds. The fraction of sp³-hybridized carbons (Fsp3) is 0.643. The Morgan fingerprint density at radius 3 is 3.16 bits per heavy atom. The molecule has 4 nitrogen and oxygen atoms in total. The van der Waals surface area contributed by atoms with Gasteiger partial charge in [0, 0.05) is 20.3 Å². The van der Waals surface area contributed by atoms with Crippen LogP contribution in [0.1, 0.15) is 22.5 Å². The minimum atomic E-state index is -0.0918. The molecule has 1 spiro atoms. The molecule has 2 fully saturated rings. The second-order valence-corrected chi connectivity index (χ2v) is 6.27. The molecule has 0 bridgehead atoms. The summed E-state index contributed by atoms with van der Waals surface area (Å²) in [5.41, 5.74) is -0.0918. The molecule has 19 heavy (non-hydrogen) atoms. The van der Waals surface area contributed by atoms with Gasteiger partial charge < -0.3 is 14.4 Å². The number of thiophene rings is 1. The zero-order chi connectivity index (χ0) is 13.3. The Bertz CT molecular complexity index is 440. The predicted molar refractivity (Wildman–Crippen MR) is 73.5 cm³/mol. The van der Waals surface area contributed by atoms with Crippen LogP contribution in [0.5, 0.6) is 0 Å². The first-order valence-electron chi connectivity index (χ1n) is 6.71. The lowest BCUT2D eigenvalue weighted by Crippen LogP contribution is -2.66. The fourth-order valence-corrected chi connectivity index (χ4v) is 3.79. The maximum absolute atomic E-state index is 12.2. The number of methoxy groups -OCH3 is 1. The highest BCUT2D eigenvalue weighted by molar-refractivity contribution is 7.12. The molecule has 0 unspecified atom stereocenters. The van der Waals surface area contributed by atoms with E-state index >= 15 is 0 Å². The molecular formula is C14H19NO3S. The molecule has 2 saturated heterocycles. The molecular weight excluding hydrogens is 262 g/mol. The Hall–Kier alpha value is -0.910. The SMILES string of the molecule is COCC[C@@H]1CCOC12CN(C(=O)c1cccs1)C2. The van der Waals surface area contributed by atoms with Crippen molar-refractivity contribution in [3.63, 3.8) is 0 Å². The molecule has 0 saturated carbocycles. The average Bonchev–Trinajstić information content (AvgIpc) is 3.02. The van der Waals surface area contributed by atoms with Gasteiger partial charge in [0.1, 0.15) is 5.60 Å². The normalized spacial score (nSPS) is 24.7. The third kappa shape index (κ3) is 2.30. The van der Waals surface area contributed by atoms with Crippen molar-refractivity contribution in [3.05, 3.63) is 22.4 Å². The Balaban J connectivity index is 1.60. The lowest BCUT2D eigenvalue weighted by molar-refractivity contribution is -0.119. The summed E-state index contributed by atoms with van der Waals surface area (Å²) in [6.45, 7) is 3.06. The summed E-state index contributed by atoms with van der Waals surface area (Å²) in [6, 6.07) is 3.80. The molecule has 0 radical (unpaired) electrons. The number of carbonyl (C=O) groups excluding carboxylic acids is 1. The summed E-state index contributed by atoms with van der Waals surface area (Å²) in [4.78, 5) is 14.9. The van der Waals surface area contributed by atoms with E-state index < -0.39 is 0 Å². The topological polar surface area (TPSA) is 38.8 Å². The summed E-state index contributed by atoms with van der Waals surface area (Å²) in [6.07, 6.45) is 2.11. The van der Waals surface area contributed by atoms with Crippen molar-refractivity contribution in [1.82, 2.24) is 4.90 Å². The molecule has 3 heterocycles. The van der Waals surface area contributed by atoms with E-state index in [-0.39, 0.29) is 11.5 Å². The first-order valence-corrected chi connectivity index (χ1v) is 7.59. The van der Waals surface area contributed by atoms with Crippen LogP contribution < -0.4 is 0 Å². The molecule has 3 rings (SSSR count). The van der Waals surface area contributed by atoms with Crippen LogP contribution in [-0.2, 0) is 9.47 Å². The van der Waals surface area contributed by atoms with E-state index in [9.17, 15) is 4.79 Å². The fourth-order valence-electron chi connectivity index (χ4n) is 3.10. The lowest BCUT2D eigenvalue weighted by atomic mass is 9.79. The number of rotatable bonds is 4. The minimum Gasteiger partial charge on any atom is -0.385 e. The monoisotopic (exact) mass is 281 g/mol. The van der Waals surface area contributed by atoms with Crippen molar-refractivity contribution < 1.29 is 14.3 Å². The van der Waals surface area contributed by atoms with Gasteiger partial charge in [-0.15, -0.1) is 11.3 Å². The largest absolute Gasteiger partial charge is 0.385 e. The molecule has 0 aliphatic carbocycles. The molecule has 5 heteroatoms. The van der Waals surface area contributed by atoms with Gasteiger partial charge in [0.15, 0.2) is 0 Å². The van der Waals surface area contributed by atoms with Gasteiger partial charge in [-0.25, -0.2) is 0 Å². The Morgan fingerprint density at radius 1 is 1.63 bits per heavy atom. The van der Waals surface area contributed by atoms with Crippen molar-refractivity contribution in [2.24, 2.45) is 5.92 Å². The summed E-state index contributed by atoms with van der Waals surface area (Å²) >= 11 is 1.50. The number of hydrogen-bond acceptors (Lipinski definition) is 4. The number of ether oxygens (including phenoxy) is 2. The van der Waals surface area contributed by atoms with E-state index in [0.29, 0.717) is 5.92 Å². The minimum absolute atomic E-state index is 0.0918. The van der Waals surface area contributed by atoms with Crippen LogP contribution in [0, 0.1) is 5.92 Å². The van der Waals surface area contributed by atoms with Crippen LogP contribution in [0.15, 0.2) is 17.5 Å². The van der Waals surface area contributed by atoms with E-state index in [1.165, 1.54) is 11.3 Å². The van der Waals surface area contributed by atoms with Crippen LogP contribution in [0.2, 0.25) is 0 Å². The van der Waals surface area contributed by atoms with Crippen LogP contribution in [0.4, 0.5) is 0 Å². The second-order valence-electron chi connectivity index (χ2n) is 5.32. The standard InChI is InChI=1S/C14H19NO3S/c1-17-6-4-11-5-7-18-14(11)9-15(10-14)13(16)12-3-2-8-19-12/h2-3,8,11H,4-7,9-10H2,1H3/t11-/m1/s1. The van der Waals surface area contributed by atoms with Gasteiger partial charge in [-0.2, -0.15) is 0 Å². The average molecular weight is 281 g/mol. The van der Waals surface area contributed by atoms with Gasteiger partial charge in [-0.3, -0.25) is 4.79 Å². The molecule has 1 aromatic heterocycles. The molecule has 2 aliphatic rings. The molecule has 2 aliphatic heterocycles. The van der Waals surface area contributed by atoms with Gasteiger partial charge in [-0.1, -0.05) is 6.07 Å². The zero-order valence-electron chi connectivity index (χ0n) is 11.1. The summed E-state index contributed by atoms with van der Waals surface area (Å²) in [5.74, 6) is 0.668. The van der Waals surface area contributed by atoms with E-state index in [4.69, 9.17) is 9.47 Å². The number of nitrogens with zero attached hydrogens (tertiary/aromatic N) is 1. The van der Waals surface area contributed by atoms with Crippen molar-refractivity contribution in [2.45, 2.75) is 18.4 Å². The Labute approximate surface area is 117 Å². The zero-order valence-corrected chi connectivity index (χ0v) is 11.9. The molecule has 1 aromatic rings. The van der Waals surface area contributed by atoms with Gasteiger partial charge in [0.25, 0.3) is 5.91 Å².